The Morgan fingerprint density at radius 1 is 1.44 bits per heavy atom. The maximum Gasteiger partial charge on any atom is 0.269 e. The smallest absolute Gasteiger partial charge is 0.269 e. The Labute approximate surface area is 147 Å². The number of hydrogen-bond donors (Lipinski definition) is 1. The second-order valence-corrected chi connectivity index (χ2v) is 8.23. The highest BCUT2D eigenvalue weighted by atomic mass is 32.2. The number of aromatic nitrogens is 1. The zero-order valence-corrected chi connectivity index (χ0v) is 15.2. The molecule has 0 bridgehead atoms. The summed E-state index contributed by atoms with van der Waals surface area (Å²) in [5, 5.41) is 2.71. The van der Waals surface area contributed by atoms with Crippen LogP contribution >= 0.6 is 0 Å². The fraction of sp³-hybridized carbons (Fsp3) is 0.562. The van der Waals surface area contributed by atoms with Gasteiger partial charge in [-0.05, 0) is 25.0 Å². The quantitative estimate of drug-likeness (QED) is 0.684. The van der Waals surface area contributed by atoms with Gasteiger partial charge in [0.25, 0.3) is 11.8 Å². The van der Waals surface area contributed by atoms with Crippen molar-refractivity contribution in [3.05, 3.63) is 29.6 Å². The molecule has 0 radical (unpaired) electrons. The van der Waals surface area contributed by atoms with E-state index < -0.39 is 9.84 Å². The van der Waals surface area contributed by atoms with E-state index in [1.54, 1.807) is 14.2 Å². The van der Waals surface area contributed by atoms with E-state index in [0.717, 1.165) is 0 Å². The van der Waals surface area contributed by atoms with Gasteiger partial charge in [-0.15, -0.1) is 0 Å². The largest absolute Gasteiger partial charge is 0.385 e. The molecule has 1 aliphatic rings. The highest BCUT2D eigenvalue weighted by Gasteiger charge is 2.33. The maximum absolute atomic E-state index is 12.6. The molecule has 0 aromatic carbocycles. The molecule has 1 aliphatic heterocycles. The van der Waals surface area contributed by atoms with E-state index in [1.807, 2.05) is 0 Å². The predicted molar refractivity (Wildman–Crippen MR) is 92.2 cm³/mol. The summed E-state index contributed by atoms with van der Waals surface area (Å²) in [5.41, 5.74) is 0.458. The molecule has 2 amide bonds. The van der Waals surface area contributed by atoms with Gasteiger partial charge in [0, 0.05) is 45.1 Å². The van der Waals surface area contributed by atoms with E-state index in [0.29, 0.717) is 31.6 Å². The third kappa shape index (κ3) is 5.23. The standard InChI is InChI=1S/C16H23N3O5S/c1-19(13-5-9-25(22,23)11-13)16(21)12-4-7-17-14(10-12)15(20)18-6-3-8-24-2/h4,7,10,13H,3,5-6,8-9,11H2,1-2H3,(H,18,20). The van der Waals surface area contributed by atoms with Gasteiger partial charge in [0.15, 0.2) is 9.84 Å². The van der Waals surface area contributed by atoms with Gasteiger partial charge in [0.2, 0.25) is 0 Å². The first-order valence-electron chi connectivity index (χ1n) is 8.05. The van der Waals surface area contributed by atoms with Crippen LogP contribution in [0, 0.1) is 0 Å². The number of methoxy groups -OCH3 is 1. The Hall–Kier alpha value is -2.00. The molecule has 0 spiro atoms. The van der Waals surface area contributed by atoms with Crippen LogP contribution in [-0.4, -0.2) is 75.0 Å². The number of carbonyl (C=O) groups excluding carboxylic acids is 2. The van der Waals surface area contributed by atoms with Gasteiger partial charge >= 0.3 is 0 Å². The van der Waals surface area contributed by atoms with Gasteiger partial charge in [0.1, 0.15) is 5.69 Å². The first-order valence-corrected chi connectivity index (χ1v) is 9.87. The zero-order valence-electron chi connectivity index (χ0n) is 14.4. The fourth-order valence-corrected chi connectivity index (χ4v) is 4.42. The lowest BCUT2D eigenvalue weighted by molar-refractivity contribution is 0.0747. The third-order valence-corrected chi connectivity index (χ3v) is 5.88. The normalized spacial score (nSPS) is 18.7. The molecule has 9 heteroatoms. The first-order chi connectivity index (χ1) is 11.8. The number of hydrogen-bond acceptors (Lipinski definition) is 6. The number of pyridine rings is 1. The molecule has 2 heterocycles. The lowest BCUT2D eigenvalue weighted by Crippen LogP contribution is -2.38. The second kappa shape index (κ2) is 8.39. The van der Waals surface area contributed by atoms with Crippen LogP contribution in [-0.2, 0) is 14.6 Å². The molecule has 1 aromatic heterocycles. The maximum atomic E-state index is 12.6. The molecular weight excluding hydrogens is 346 g/mol. The van der Waals surface area contributed by atoms with Gasteiger partial charge < -0.3 is 15.0 Å². The summed E-state index contributed by atoms with van der Waals surface area (Å²) < 4.78 is 28.1. The number of nitrogens with one attached hydrogen (secondary N) is 1. The molecule has 138 valence electrons. The van der Waals surface area contributed by atoms with Crippen LogP contribution in [0.4, 0.5) is 0 Å². The number of amides is 2. The van der Waals surface area contributed by atoms with Crippen LogP contribution in [0.25, 0.3) is 0 Å². The van der Waals surface area contributed by atoms with E-state index >= 15 is 0 Å². The SMILES string of the molecule is COCCCNC(=O)c1cc(C(=O)N(C)C2CCS(=O)(=O)C2)ccn1. The molecule has 25 heavy (non-hydrogen) atoms. The molecular formula is C16H23N3O5S. The van der Waals surface area contributed by atoms with Crippen molar-refractivity contribution in [2.24, 2.45) is 0 Å². The van der Waals surface area contributed by atoms with Gasteiger partial charge in [-0.25, -0.2) is 8.42 Å². The van der Waals surface area contributed by atoms with Crippen molar-refractivity contribution in [3.8, 4) is 0 Å². The van der Waals surface area contributed by atoms with E-state index in [9.17, 15) is 18.0 Å². The van der Waals surface area contributed by atoms with Gasteiger partial charge in [-0.2, -0.15) is 0 Å². The van der Waals surface area contributed by atoms with Crippen LogP contribution in [0.1, 0.15) is 33.7 Å². The summed E-state index contributed by atoms with van der Waals surface area (Å²) in [6.45, 7) is 0.994. The first kappa shape index (κ1) is 19.3. The monoisotopic (exact) mass is 369 g/mol. The molecule has 1 unspecified atom stereocenters. The number of sulfone groups is 1. The van der Waals surface area contributed by atoms with Crippen molar-refractivity contribution in [2.75, 3.05) is 38.8 Å². The Morgan fingerprint density at radius 3 is 2.84 bits per heavy atom. The van der Waals surface area contributed by atoms with Crippen molar-refractivity contribution in [2.45, 2.75) is 18.9 Å². The highest BCUT2D eigenvalue weighted by molar-refractivity contribution is 7.91. The van der Waals surface area contributed by atoms with Crippen molar-refractivity contribution in [1.29, 1.82) is 0 Å². The minimum atomic E-state index is -3.07. The summed E-state index contributed by atoms with van der Waals surface area (Å²) in [7, 11) is 0.0965. The van der Waals surface area contributed by atoms with E-state index in [-0.39, 0.29) is 35.1 Å². The van der Waals surface area contributed by atoms with Crippen molar-refractivity contribution >= 4 is 21.7 Å². The Morgan fingerprint density at radius 2 is 2.20 bits per heavy atom. The molecule has 1 saturated heterocycles. The average Bonchev–Trinajstić information content (AvgIpc) is 2.97. The van der Waals surface area contributed by atoms with Crippen molar-refractivity contribution in [1.82, 2.24) is 15.2 Å². The Bertz CT molecular complexity index is 735. The third-order valence-electron chi connectivity index (χ3n) is 4.13. The van der Waals surface area contributed by atoms with Crippen LogP contribution in [0.2, 0.25) is 0 Å². The summed E-state index contributed by atoms with van der Waals surface area (Å²) in [4.78, 5) is 30.1. The second-order valence-electron chi connectivity index (χ2n) is 6.00. The summed E-state index contributed by atoms with van der Waals surface area (Å²) in [6.07, 6.45) is 2.51. The number of rotatable bonds is 7. The lowest BCUT2D eigenvalue weighted by atomic mass is 10.1. The summed E-state index contributed by atoms with van der Waals surface area (Å²) in [6, 6.07) is 2.61. The van der Waals surface area contributed by atoms with Crippen LogP contribution in [0.3, 0.4) is 0 Å². The Kier molecular flexibility index (Phi) is 6.49. The molecule has 1 fully saturated rings. The van der Waals surface area contributed by atoms with E-state index in [2.05, 4.69) is 10.3 Å². The molecule has 2 rings (SSSR count). The molecule has 1 N–H and O–H groups in total. The minimum absolute atomic E-state index is 0.0207. The number of nitrogens with zero attached hydrogens (tertiary/aromatic N) is 2. The fourth-order valence-electron chi connectivity index (χ4n) is 2.65. The molecule has 1 aromatic rings. The van der Waals surface area contributed by atoms with Gasteiger partial charge in [-0.1, -0.05) is 0 Å². The number of ether oxygens (including phenoxy) is 1. The van der Waals surface area contributed by atoms with Gasteiger partial charge in [0.05, 0.1) is 11.5 Å². The van der Waals surface area contributed by atoms with Gasteiger partial charge in [-0.3, -0.25) is 14.6 Å². The lowest BCUT2D eigenvalue weighted by Gasteiger charge is -2.23. The topological polar surface area (TPSA) is 106 Å². The van der Waals surface area contributed by atoms with E-state index in [1.165, 1.54) is 23.2 Å². The summed E-state index contributed by atoms with van der Waals surface area (Å²) in [5.74, 6) is -0.608. The van der Waals surface area contributed by atoms with E-state index in [4.69, 9.17) is 4.74 Å². The molecule has 0 saturated carbocycles. The van der Waals surface area contributed by atoms with Crippen molar-refractivity contribution in [3.63, 3.8) is 0 Å². The minimum Gasteiger partial charge on any atom is -0.385 e. The molecule has 8 nitrogen and oxygen atoms in total. The summed E-state index contributed by atoms with van der Waals surface area (Å²) >= 11 is 0. The predicted octanol–water partition coefficient (Wildman–Crippen LogP) is 0.107. The van der Waals surface area contributed by atoms with Crippen molar-refractivity contribution < 1.29 is 22.7 Å². The van der Waals surface area contributed by atoms with Crippen LogP contribution in [0.5, 0.6) is 0 Å². The van der Waals surface area contributed by atoms with Crippen LogP contribution in [0.15, 0.2) is 18.3 Å². The molecule has 1 atom stereocenters. The average molecular weight is 369 g/mol. The Balaban J connectivity index is 2.02. The highest BCUT2D eigenvalue weighted by Crippen LogP contribution is 2.18. The van der Waals surface area contributed by atoms with Crippen LogP contribution < -0.4 is 5.32 Å². The zero-order chi connectivity index (χ0) is 18.4. The molecule has 0 aliphatic carbocycles. The number of carbonyl (C=O) groups is 2.